The van der Waals surface area contributed by atoms with E-state index in [9.17, 15) is 9.59 Å². The molecule has 0 aliphatic carbocycles. The second kappa shape index (κ2) is 7.22. The number of amides is 2. The SMILES string of the molecule is CC1Oc2ccc(NC(=O)CC3CC4CCC(C3)N4)cc2NC1=O.Cl. The van der Waals surface area contributed by atoms with Crippen molar-refractivity contribution in [1.29, 1.82) is 0 Å². The van der Waals surface area contributed by atoms with Gasteiger partial charge in [-0.05, 0) is 56.7 Å². The van der Waals surface area contributed by atoms with E-state index in [1.54, 1.807) is 19.1 Å². The number of benzene rings is 1. The van der Waals surface area contributed by atoms with Crippen LogP contribution in [0.2, 0.25) is 0 Å². The number of rotatable bonds is 3. The number of carbonyl (C=O) groups is 2. The van der Waals surface area contributed by atoms with Crippen LogP contribution in [-0.2, 0) is 9.59 Å². The van der Waals surface area contributed by atoms with E-state index in [-0.39, 0.29) is 24.2 Å². The van der Waals surface area contributed by atoms with Gasteiger partial charge in [-0.3, -0.25) is 9.59 Å². The average Bonchev–Trinajstić information content (AvgIpc) is 2.87. The summed E-state index contributed by atoms with van der Waals surface area (Å²) in [6, 6.07) is 6.54. The highest BCUT2D eigenvalue weighted by atomic mass is 35.5. The van der Waals surface area contributed by atoms with Gasteiger partial charge >= 0.3 is 0 Å². The molecular weight excluding hydrogens is 342 g/mol. The van der Waals surface area contributed by atoms with E-state index >= 15 is 0 Å². The summed E-state index contributed by atoms with van der Waals surface area (Å²) >= 11 is 0. The number of ether oxygens (including phenoxy) is 1. The van der Waals surface area contributed by atoms with Gasteiger partial charge in [-0.1, -0.05) is 0 Å². The van der Waals surface area contributed by atoms with Gasteiger partial charge < -0.3 is 20.7 Å². The van der Waals surface area contributed by atoms with Crippen molar-refractivity contribution < 1.29 is 14.3 Å². The third-order valence-corrected chi connectivity index (χ3v) is 5.24. The second-order valence-corrected chi connectivity index (χ2v) is 7.19. The zero-order valence-corrected chi connectivity index (χ0v) is 15.0. The molecule has 6 nitrogen and oxygen atoms in total. The van der Waals surface area contributed by atoms with Crippen molar-refractivity contribution in [2.24, 2.45) is 5.92 Å². The first kappa shape index (κ1) is 18.0. The Bertz CT molecular complexity index is 670. The molecule has 2 bridgehead atoms. The lowest BCUT2D eigenvalue weighted by Gasteiger charge is -2.28. The van der Waals surface area contributed by atoms with Crippen molar-refractivity contribution in [3.8, 4) is 5.75 Å². The smallest absolute Gasteiger partial charge is 0.265 e. The predicted octanol–water partition coefficient (Wildman–Crippen LogP) is 2.69. The summed E-state index contributed by atoms with van der Waals surface area (Å²) in [4.78, 5) is 24.0. The van der Waals surface area contributed by atoms with Gasteiger partial charge in [0.2, 0.25) is 5.91 Å². The van der Waals surface area contributed by atoms with E-state index in [4.69, 9.17) is 4.74 Å². The minimum atomic E-state index is -0.492. The Hall–Kier alpha value is -1.79. The third kappa shape index (κ3) is 3.90. The zero-order chi connectivity index (χ0) is 16.7. The molecule has 0 aromatic heterocycles. The van der Waals surface area contributed by atoms with Crippen LogP contribution in [0.3, 0.4) is 0 Å². The highest BCUT2D eigenvalue weighted by Crippen LogP contribution is 2.34. The molecule has 0 radical (unpaired) electrons. The van der Waals surface area contributed by atoms with Crippen molar-refractivity contribution >= 4 is 35.6 Å². The monoisotopic (exact) mass is 365 g/mol. The number of hydrogen-bond acceptors (Lipinski definition) is 4. The molecule has 3 aliphatic rings. The fraction of sp³-hybridized carbons (Fsp3) is 0.556. The van der Waals surface area contributed by atoms with E-state index < -0.39 is 6.10 Å². The van der Waals surface area contributed by atoms with Crippen molar-refractivity contribution in [3.63, 3.8) is 0 Å². The van der Waals surface area contributed by atoms with Gasteiger partial charge in [0.15, 0.2) is 6.10 Å². The van der Waals surface area contributed by atoms with Crippen LogP contribution in [0, 0.1) is 5.92 Å². The molecule has 1 aromatic rings. The first-order chi connectivity index (χ1) is 11.6. The molecule has 25 heavy (non-hydrogen) atoms. The Morgan fingerprint density at radius 2 is 2.00 bits per heavy atom. The highest BCUT2D eigenvalue weighted by Gasteiger charge is 2.34. The Labute approximate surface area is 153 Å². The zero-order valence-electron chi connectivity index (χ0n) is 14.2. The summed E-state index contributed by atoms with van der Waals surface area (Å²) in [7, 11) is 0. The molecule has 2 amide bonds. The van der Waals surface area contributed by atoms with Crippen molar-refractivity contribution in [3.05, 3.63) is 18.2 Å². The number of halogens is 1. The summed E-state index contributed by atoms with van der Waals surface area (Å²) < 4.78 is 5.52. The molecule has 3 unspecified atom stereocenters. The first-order valence-corrected chi connectivity index (χ1v) is 8.74. The molecule has 136 valence electrons. The van der Waals surface area contributed by atoms with E-state index in [0.717, 1.165) is 12.8 Å². The molecule has 3 N–H and O–H groups in total. The van der Waals surface area contributed by atoms with Gasteiger partial charge in [0.05, 0.1) is 5.69 Å². The Kier molecular flexibility index (Phi) is 5.20. The van der Waals surface area contributed by atoms with E-state index in [0.29, 0.717) is 41.5 Å². The molecule has 3 heterocycles. The van der Waals surface area contributed by atoms with Gasteiger partial charge in [-0.15, -0.1) is 12.4 Å². The van der Waals surface area contributed by atoms with E-state index in [1.807, 2.05) is 6.07 Å². The molecular formula is C18H24ClN3O3. The summed E-state index contributed by atoms with van der Waals surface area (Å²) in [5, 5.41) is 9.35. The van der Waals surface area contributed by atoms with Crippen molar-refractivity contribution in [2.45, 2.75) is 57.2 Å². The molecule has 4 rings (SSSR count). The minimum Gasteiger partial charge on any atom is -0.479 e. The molecule has 7 heteroatoms. The van der Waals surface area contributed by atoms with Crippen LogP contribution in [0.4, 0.5) is 11.4 Å². The van der Waals surface area contributed by atoms with Gasteiger partial charge in [-0.2, -0.15) is 0 Å². The normalized spacial score (nSPS) is 29.7. The maximum Gasteiger partial charge on any atom is 0.265 e. The van der Waals surface area contributed by atoms with Gasteiger partial charge in [0.25, 0.3) is 5.91 Å². The van der Waals surface area contributed by atoms with Crippen LogP contribution in [0.5, 0.6) is 5.75 Å². The Balaban J connectivity index is 0.00000182. The summed E-state index contributed by atoms with van der Waals surface area (Å²) in [5.74, 6) is 0.967. The molecule has 2 saturated heterocycles. The van der Waals surface area contributed by atoms with Gasteiger partial charge in [0, 0.05) is 24.2 Å². The first-order valence-electron chi connectivity index (χ1n) is 8.74. The maximum absolute atomic E-state index is 12.3. The van der Waals surface area contributed by atoms with Crippen LogP contribution in [0.15, 0.2) is 18.2 Å². The summed E-state index contributed by atoms with van der Waals surface area (Å²) in [6.45, 7) is 1.71. The molecule has 3 aliphatic heterocycles. The molecule has 2 fully saturated rings. The Morgan fingerprint density at radius 3 is 2.72 bits per heavy atom. The lowest BCUT2D eigenvalue weighted by Crippen LogP contribution is -2.39. The highest BCUT2D eigenvalue weighted by molar-refractivity contribution is 5.99. The quantitative estimate of drug-likeness (QED) is 0.769. The number of carbonyl (C=O) groups excluding carboxylic acids is 2. The second-order valence-electron chi connectivity index (χ2n) is 7.19. The van der Waals surface area contributed by atoms with Gasteiger partial charge in [0.1, 0.15) is 5.75 Å². The average molecular weight is 366 g/mol. The minimum absolute atomic E-state index is 0. The van der Waals surface area contributed by atoms with Crippen LogP contribution in [0.1, 0.15) is 39.0 Å². The number of hydrogen-bond donors (Lipinski definition) is 3. The molecule has 3 atom stereocenters. The molecule has 1 aromatic carbocycles. The van der Waals surface area contributed by atoms with E-state index in [1.165, 1.54) is 12.8 Å². The van der Waals surface area contributed by atoms with E-state index in [2.05, 4.69) is 16.0 Å². The number of piperidine rings is 1. The number of fused-ring (bicyclic) bond motifs is 3. The van der Waals surface area contributed by atoms with Crippen molar-refractivity contribution in [2.75, 3.05) is 10.6 Å². The number of anilines is 2. The fourth-order valence-electron chi connectivity index (χ4n) is 4.10. The van der Waals surface area contributed by atoms with Crippen LogP contribution in [0.25, 0.3) is 0 Å². The van der Waals surface area contributed by atoms with Gasteiger partial charge in [-0.25, -0.2) is 0 Å². The van der Waals surface area contributed by atoms with Crippen LogP contribution in [-0.4, -0.2) is 30.0 Å². The van der Waals surface area contributed by atoms with Crippen LogP contribution >= 0.6 is 12.4 Å². The maximum atomic E-state index is 12.3. The Morgan fingerprint density at radius 1 is 1.28 bits per heavy atom. The third-order valence-electron chi connectivity index (χ3n) is 5.24. The molecule has 0 spiro atoms. The summed E-state index contributed by atoms with van der Waals surface area (Å²) in [5.41, 5.74) is 1.30. The summed E-state index contributed by atoms with van der Waals surface area (Å²) in [6.07, 6.45) is 4.74. The number of nitrogens with one attached hydrogen (secondary N) is 3. The van der Waals surface area contributed by atoms with Crippen molar-refractivity contribution in [1.82, 2.24) is 5.32 Å². The van der Waals surface area contributed by atoms with Crippen LogP contribution < -0.4 is 20.7 Å². The largest absolute Gasteiger partial charge is 0.479 e. The topological polar surface area (TPSA) is 79.5 Å². The molecule has 0 saturated carbocycles. The lowest BCUT2D eigenvalue weighted by molar-refractivity contribution is -0.122. The standard InChI is InChI=1S/C18H23N3O3.ClH/c1-10-18(23)21-15-9-14(4-5-16(15)24-10)20-17(22)8-11-6-12-2-3-13(7-11)19-12;/h4-5,9-13,19H,2-3,6-8H2,1H3,(H,20,22)(H,21,23);1H. The predicted molar refractivity (Wildman–Crippen MR) is 98.3 cm³/mol. The lowest BCUT2D eigenvalue weighted by atomic mass is 9.89. The fourth-order valence-corrected chi connectivity index (χ4v) is 4.10.